The van der Waals surface area contributed by atoms with Gasteiger partial charge in [0.05, 0.1) is 5.69 Å². The summed E-state index contributed by atoms with van der Waals surface area (Å²) in [4.78, 5) is 19.1. The van der Waals surface area contributed by atoms with Gasteiger partial charge < -0.3 is 4.84 Å². The third kappa shape index (κ3) is 2.81. The minimum atomic E-state index is -0.558. The van der Waals surface area contributed by atoms with E-state index in [-0.39, 0.29) is 5.91 Å². The normalized spacial score (nSPS) is 19.1. The number of carbonyl (C=O) groups excluding carboxylic acids is 1. The Hall–Kier alpha value is -3.21. The molecule has 2 unspecified atom stereocenters. The molecule has 0 N–H and O–H groups in total. The number of aryl methyl sites for hydroxylation is 2. The Morgan fingerprint density at radius 1 is 1.00 bits per heavy atom. The zero-order valence-electron chi connectivity index (χ0n) is 14.7. The first-order chi connectivity index (χ1) is 12.6. The summed E-state index contributed by atoms with van der Waals surface area (Å²) in [5, 5.41) is 8.65. The van der Waals surface area contributed by atoms with Crippen LogP contribution in [0.5, 0.6) is 0 Å². The van der Waals surface area contributed by atoms with E-state index in [1.54, 1.807) is 0 Å². The quantitative estimate of drug-likeness (QED) is 0.723. The van der Waals surface area contributed by atoms with Gasteiger partial charge in [0.25, 0.3) is 5.91 Å². The summed E-state index contributed by atoms with van der Waals surface area (Å²) in [5.41, 5.74) is 4.05. The second-order valence-electron chi connectivity index (χ2n) is 6.43. The van der Waals surface area contributed by atoms with Gasteiger partial charge in [-0.05, 0) is 25.5 Å². The fourth-order valence-electron chi connectivity index (χ4n) is 3.34. The monoisotopic (exact) mass is 345 g/mol. The van der Waals surface area contributed by atoms with E-state index in [2.05, 4.69) is 10.3 Å². The second-order valence-corrected chi connectivity index (χ2v) is 6.43. The van der Waals surface area contributed by atoms with Gasteiger partial charge in [-0.1, -0.05) is 65.8 Å². The van der Waals surface area contributed by atoms with E-state index < -0.39 is 12.0 Å². The van der Waals surface area contributed by atoms with Crippen LogP contribution in [-0.4, -0.2) is 21.4 Å². The molecule has 0 saturated heterocycles. The number of aromatic nitrogens is 2. The number of rotatable bonds is 3. The molecule has 0 spiro atoms. The SMILES string of the molecule is Cc1cc(C)n(C(=O)C2C(c3ccccc3)=NOC2c2ccccc2)n1. The van der Waals surface area contributed by atoms with Crippen molar-refractivity contribution >= 4 is 11.6 Å². The summed E-state index contributed by atoms with van der Waals surface area (Å²) >= 11 is 0. The van der Waals surface area contributed by atoms with Crippen molar-refractivity contribution in [3.05, 3.63) is 89.2 Å². The van der Waals surface area contributed by atoms with E-state index in [0.717, 1.165) is 22.5 Å². The number of carbonyl (C=O) groups is 1. The lowest BCUT2D eigenvalue weighted by Gasteiger charge is -2.18. The van der Waals surface area contributed by atoms with E-state index in [1.165, 1.54) is 4.68 Å². The van der Waals surface area contributed by atoms with Crippen LogP contribution in [0.25, 0.3) is 0 Å². The lowest BCUT2D eigenvalue weighted by Crippen LogP contribution is -2.32. The maximum atomic E-state index is 13.4. The van der Waals surface area contributed by atoms with Crippen LogP contribution >= 0.6 is 0 Å². The summed E-state index contributed by atoms with van der Waals surface area (Å²) in [5.74, 6) is -0.692. The molecule has 0 fully saturated rings. The van der Waals surface area contributed by atoms with Crippen molar-refractivity contribution in [3.8, 4) is 0 Å². The predicted molar refractivity (Wildman–Crippen MR) is 99.1 cm³/mol. The van der Waals surface area contributed by atoms with Crippen molar-refractivity contribution in [2.24, 2.45) is 11.1 Å². The van der Waals surface area contributed by atoms with Crippen molar-refractivity contribution in [2.75, 3.05) is 0 Å². The van der Waals surface area contributed by atoms with Gasteiger partial charge in [0.1, 0.15) is 11.6 Å². The maximum absolute atomic E-state index is 13.4. The average molecular weight is 345 g/mol. The molecule has 2 heterocycles. The molecule has 3 aromatic rings. The topological polar surface area (TPSA) is 56.5 Å². The van der Waals surface area contributed by atoms with E-state index in [1.807, 2.05) is 80.6 Å². The largest absolute Gasteiger partial charge is 0.386 e. The lowest BCUT2D eigenvalue weighted by atomic mass is 9.88. The minimum absolute atomic E-state index is 0.135. The average Bonchev–Trinajstić information content (AvgIpc) is 3.26. The number of hydrogen-bond donors (Lipinski definition) is 0. The number of hydrogen-bond acceptors (Lipinski definition) is 4. The fraction of sp³-hybridized carbons (Fsp3) is 0.190. The van der Waals surface area contributed by atoms with Gasteiger partial charge in [0.2, 0.25) is 0 Å². The van der Waals surface area contributed by atoms with E-state index in [4.69, 9.17) is 4.84 Å². The molecule has 1 aliphatic rings. The van der Waals surface area contributed by atoms with Gasteiger partial charge in [-0.2, -0.15) is 5.10 Å². The molecule has 4 rings (SSSR count). The molecule has 5 heteroatoms. The predicted octanol–water partition coefficient (Wildman–Crippen LogP) is 3.93. The van der Waals surface area contributed by atoms with E-state index in [9.17, 15) is 4.79 Å². The van der Waals surface area contributed by atoms with Gasteiger partial charge in [0, 0.05) is 11.3 Å². The van der Waals surface area contributed by atoms with Crippen LogP contribution in [0.4, 0.5) is 0 Å². The van der Waals surface area contributed by atoms with Crippen LogP contribution in [0, 0.1) is 19.8 Å². The zero-order valence-corrected chi connectivity index (χ0v) is 14.7. The molecule has 5 nitrogen and oxygen atoms in total. The number of benzene rings is 2. The Kier molecular flexibility index (Phi) is 4.13. The molecule has 0 amide bonds. The molecule has 0 aliphatic carbocycles. The first-order valence-corrected chi connectivity index (χ1v) is 8.56. The van der Waals surface area contributed by atoms with E-state index in [0.29, 0.717) is 5.71 Å². The van der Waals surface area contributed by atoms with Crippen molar-refractivity contribution in [3.63, 3.8) is 0 Å². The summed E-state index contributed by atoms with van der Waals surface area (Å²) < 4.78 is 1.46. The van der Waals surface area contributed by atoms with Gasteiger partial charge in [-0.3, -0.25) is 4.79 Å². The second kappa shape index (κ2) is 6.59. The van der Waals surface area contributed by atoms with Crippen LogP contribution < -0.4 is 0 Å². The summed E-state index contributed by atoms with van der Waals surface area (Å²) in [7, 11) is 0. The highest BCUT2D eigenvalue weighted by Crippen LogP contribution is 2.36. The van der Waals surface area contributed by atoms with Crippen molar-refractivity contribution in [1.29, 1.82) is 0 Å². The Morgan fingerprint density at radius 3 is 2.27 bits per heavy atom. The molecule has 0 saturated carbocycles. The Balaban J connectivity index is 1.79. The molecule has 0 bridgehead atoms. The van der Waals surface area contributed by atoms with Gasteiger partial charge >= 0.3 is 0 Å². The number of nitrogens with zero attached hydrogens (tertiary/aromatic N) is 3. The van der Waals surface area contributed by atoms with Crippen LogP contribution in [0.15, 0.2) is 71.9 Å². The molecular weight excluding hydrogens is 326 g/mol. The van der Waals surface area contributed by atoms with Gasteiger partial charge in [0.15, 0.2) is 6.10 Å². The third-order valence-corrected chi connectivity index (χ3v) is 4.54. The van der Waals surface area contributed by atoms with Crippen molar-refractivity contribution in [2.45, 2.75) is 20.0 Å². The van der Waals surface area contributed by atoms with Crippen LogP contribution in [0.2, 0.25) is 0 Å². The standard InChI is InChI=1S/C21H19N3O2/c1-14-13-15(2)24(22-14)21(25)18-19(16-9-5-3-6-10-16)23-26-20(18)17-11-7-4-8-12-17/h3-13,18,20H,1-2H3. The Bertz CT molecular complexity index is 961. The molecular formula is C21H19N3O2. The Labute approximate surface area is 151 Å². The van der Waals surface area contributed by atoms with E-state index >= 15 is 0 Å². The molecule has 1 aromatic heterocycles. The van der Waals surface area contributed by atoms with Crippen molar-refractivity contribution in [1.82, 2.24) is 9.78 Å². The highest BCUT2D eigenvalue weighted by Gasteiger charge is 2.42. The first-order valence-electron chi connectivity index (χ1n) is 8.56. The van der Waals surface area contributed by atoms with Crippen LogP contribution in [0.3, 0.4) is 0 Å². The molecule has 26 heavy (non-hydrogen) atoms. The third-order valence-electron chi connectivity index (χ3n) is 4.54. The summed E-state index contributed by atoms with van der Waals surface area (Å²) in [6, 6.07) is 21.3. The van der Waals surface area contributed by atoms with Crippen LogP contribution in [0.1, 0.15) is 33.4 Å². The number of oxime groups is 1. The first kappa shape index (κ1) is 16.3. The maximum Gasteiger partial charge on any atom is 0.260 e. The molecule has 1 aliphatic heterocycles. The molecule has 2 atom stereocenters. The smallest absolute Gasteiger partial charge is 0.260 e. The lowest BCUT2D eigenvalue weighted by molar-refractivity contribution is 0.0474. The zero-order chi connectivity index (χ0) is 18.1. The summed E-state index contributed by atoms with van der Waals surface area (Å²) in [6.45, 7) is 3.76. The van der Waals surface area contributed by atoms with Crippen molar-refractivity contribution < 1.29 is 9.63 Å². The molecule has 0 radical (unpaired) electrons. The van der Waals surface area contributed by atoms with Crippen LogP contribution in [-0.2, 0) is 4.84 Å². The van der Waals surface area contributed by atoms with Gasteiger partial charge in [-0.25, -0.2) is 4.68 Å². The highest BCUT2D eigenvalue weighted by atomic mass is 16.6. The fourth-order valence-corrected chi connectivity index (χ4v) is 3.34. The Morgan fingerprint density at radius 2 is 1.65 bits per heavy atom. The molecule has 130 valence electrons. The van der Waals surface area contributed by atoms with Gasteiger partial charge in [-0.15, -0.1) is 0 Å². The highest BCUT2D eigenvalue weighted by molar-refractivity contribution is 6.14. The minimum Gasteiger partial charge on any atom is -0.386 e. The summed E-state index contributed by atoms with van der Waals surface area (Å²) in [6.07, 6.45) is -0.470. The molecule has 2 aromatic carbocycles.